The fraction of sp³-hybridized carbons (Fsp3) is 0.500. The Kier molecular flexibility index (Phi) is 4.87. The van der Waals surface area contributed by atoms with E-state index in [9.17, 15) is 9.90 Å². The highest BCUT2D eigenvalue weighted by Gasteiger charge is 2.29. The van der Waals surface area contributed by atoms with Crippen molar-refractivity contribution < 1.29 is 9.90 Å². The first-order valence-electron chi connectivity index (χ1n) is 5.80. The lowest BCUT2D eigenvalue weighted by atomic mass is 9.93. The maximum absolute atomic E-state index is 11.9. The average Bonchev–Trinajstić information content (AvgIpc) is 2.13. The summed E-state index contributed by atoms with van der Waals surface area (Å²) in [5, 5.41) is 10.9. The number of hydrogen-bond acceptors (Lipinski definition) is 3. The van der Waals surface area contributed by atoms with E-state index in [1.54, 1.807) is 31.2 Å². The van der Waals surface area contributed by atoms with E-state index in [2.05, 4.69) is 0 Å². The quantitative estimate of drug-likeness (QED) is 0.913. The van der Waals surface area contributed by atoms with Crippen LogP contribution in [0.2, 0.25) is 5.02 Å². The highest BCUT2D eigenvalue weighted by molar-refractivity contribution is 8.14. The van der Waals surface area contributed by atoms with Gasteiger partial charge in [-0.1, -0.05) is 56.3 Å². The van der Waals surface area contributed by atoms with Crippen LogP contribution in [0.4, 0.5) is 0 Å². The Balaban J connectivity index is 2.79. The van der Waals surface area contributed by atoms with E-state index in [0.29, 0.717) is 10.6 Å². The molecule has 0 amide bonds. The predicted molar refractivity (Wildman–Crippen MR) is 78.0 cm³/mol. The van der Waals surface area contributed by atoms with Crippen molar-refractivity contribution in [2.75, 3.05) is 0 Å². The second-order valence-corrected chi connectivity index (χ2v) is 7.87. The molecule has 0 bridgehead atoms. The normalized spacial score (nSPS) is 15.2. The van der Waals surface area contributed by atoms with Gasteiger partial charge in [0.25, 0.3) is 0 Å². The summed E-state index contributed by atoms with van der Waals surface area (Å²) in [5.41, 5.74) is -0.516. The third-order valence-corrected chi connectivity index (χ3v) is 3.57. The van der Waals surface area contributed by atoms with E-state index in [1.165, 1.54) is 11.8 Å². The first kappa shape index (κ1) is 15.5. The SMILES string of the molecule is CC(C)(C)SC(=O)C[C@@](C)(O)c1cccc(Cl)c1. The molecule has 0 saturated carbocycles. The molecule has 0 aromatic heterocycles. The van der Waals surface area contributed by atoms with Gasteiger partial charge < -0.3 is 5.11 Å². The van der Waals surface area contributed by atoms with Crippen LogP contribution in [0.5, 0.6) is 0 Å². The molecule has 0 aliphatic heterocycles. The zero-order chi connectivity index (χ0) is 14.0. The van der Waals surface area contributed by atoms with Crippen molar-refractivity contribution in [3.8, 4) is 0 Å². The summed E-state index contributed by atoms with van der Waals surface area (Å²) in [7, 11) is 0. The molecule has 0 heterocycles. The number of aliphatic hydroxyl groups is 1. The van der Waals surface area contributed by atoms with Crippen LogP contribution >= 0.6 is 23.4 Å². The molecule has 0 radical (unpaired) electrons. The molecule has 1 N–H and O–H groups in total. The Morgan fingerprint density at radius 1 is 1.33 bits per heavy atom. The van der Waals surface area contributed by atoms with Gasteiger partial charge in [-0.05, 0) is 24.6 Å². The van der Waals surface area contributed by atoms with Gasteiger partial charge in [0.05, 0.1) is 5.60 Å². The van der Waals surface area contributed by atoms with Crippen LogP contribution in [0, 0.1) is 0 Å². The van der Waals surface area contributed by atoms with Crippen LogP contribution < -0.4 is 0 Å². The lowest BCUT2D eigenvalue weighted by Crippen LogP contribution is -2.25. The molecule has 0 spiro atoms. The number of thioether (sulfide) groups is 1. The summed E-state index contributed by atoms with van der Waals surface area (Å²) in [6.07, 6.45) is 0.0786. The smallest absolute Gasteiger partial charge is 0.192 e. The lowest BCUT2D eigenvalue weighted by molar-refractivity contribution is -0.115. The summed E-state index contributed by atoms with van der Waals surface area (Å²) >= 11 is 7.14. The topological polar surface area (TPSA) is 37.3 Å². The first-order chi connectivity index (χ1) is 8.10. The zero-order valence-electron chi connectivity index (χ0n) is 11.2. The molecule has 100 valence electrons. The monoisotopic (exact) mass is 286 g/mol. The summed E-state index contributed by atoms with van der Waals surface area (Å²) in [6.45, 7) is 7.57. The molecule has 1 aromatic rings. The summed E-state index contributed by atoms with van der Waals surface area (Å²) in [6, 6.07) is 6.98. The van der Waals surface area contributed by atoms with E-state index in [0.717, 1.165) is 0 Å². The van der Waals surface area contributed by atoms with E-state index >= 15 is 0 Å². The van der Waals surface area contributed by atoms with Gasteiger partial charge in [-0.3, -0.25) is 4.79 Å². The van der Waals surface area contributed by atoms with E-state index < -0.39 is 5.60 Å². The second-order valence-electron chi connectivity index (χ2n) is 5.55. The summed E-state index contributed by atoms with van der Waals surface area (Å²) in [4.78, 5) is 11.9. The molecule has 0 saturated heterocycles. The number of halogens is 1. The Morgan fingerprint density at radius 2 is 1.94 bits per heavy atom. The van der Waals surface area contributed by atoms with Crippen LogP contribution in [0.1, 0.15) is 39.7 Å². The van der Waals surface area contributed by atoms with Gasteiger partial charge in [0.1, 0.15) is 0 Å². The Labute approximate surface area is 118 Å². The number of benzene rings is 1. The fourth-order valence-electron chi connectivity index (χ4n) is 1.58. The van der Waals surface area contributed by atoms with Crippen molar-refractivity contribution in [3.63, 3.8) is 0 Å². The van der Waals surface area contributed by atoms with Crippen molar-refractivity contribution in [1.29, 1.82) is 0 Å². The van der Waals surface area contributed by atoms with Crippen LogP contribution in [0.25, 0.3) is 0 Å². The lowest BCUT2D eigenvalue weighted by Gasteiger charge is -2.25. The molecule has 4 heteroatoms. The van der Waals surface area contributed by atoms with Gasteiger partial charge in [-0.25, -0.2) is 0 Å². The second kappa shape index (κ2) is 5.64. The summed E-state index contributed by atoms with van der Waals surface area (Å²) in [5.74, 6) is 0. The highest BCUT2D eigenvalue weighted by Crippen LogP contribution is 2.32. The van der Waals surface area contributed by atoms with Crippen molar-refractivity contribution in [2.45, 2.75) is 44.5 Å². The van der Waals surface area contributed by atoms with E-state index in [1.807, 2.05) is 20.8 Å². The average molecular weight is 287 g/mol. The minimum atomic E-state index is -1.18. The number of rotatable bonds is 3. The van der Waals surface area contributed by atoms with Gasteiger partial charge in [0.2, 0.25) is 0 Å². The standard InChI is InChI=1S/C14H19ClO2S/c1-13(2,3)18-12(16)9-14(4,17)10-6-5-7-11(15)8-10/h5-8,17H,9H2,1-4H3/t14-/m1/s1. The maximum Gasteiger partial charge on any atom is 0.192 e. The van der Waals surface area contributed by atoms with Crippen LogP contribution in [-0.2, 0) is 10.4 Å². The van der Waals surface area contributed by atoms with Crippen molar-refractivity contribution in [1.82, 2.24) is 0 Å². The van der Waals surface area contributed by atoms with Gasteiger partial charge in [0.15, 0.2) is 5.12 Å². The van der Waals surface area contributed by atoms with E-state index in [4.69, 9.17) is 11.6 Å². The number of carbonyl (C=O) groups excluding carboxylic acids is 1. The Hall–Kier alpha value is -0.510. The molecule has 0 fully saturated rings. The first-order valence-corrected chi connectivity index (χ1v) is 7.00. The molecule has 0 unspecified atom stereocenters. The van der Waals surface area contributed by atoms with Crippen molar-refractivity contribution >= 4 is 28.5 Å². The van der Waals surface area contributed by atoms with E-state index in [-0.39, 0.29) is 16.3 Å². The van der Waals surface area contributed by atoms with Crippen molar-refractivity contribution in [3.05, 3.63) is 34.9 Å². The third kappa shape index (κ3) is 5.01. The van der Waals surface area contributed by atoms with Gasteiger partial charge in [0, 0.05) is 16.2 Å². The van der Waals surface area contributed by atoms with Gasteiger partial charge in [-0.2, -0.15) is 0 Å². The van der Waals surface area contributed by atoms with Crippen molar-refractivity contribution in [2.24, 2.45) is 0 Å². The molecule has 0 aliphatic rings. The molecule has 1 atom stereocenters. The molecule has 1 aromatic carbocycles. The number of carbonyl (C=O) groups is 1. The number of hydrogen-bond donors (Lipinski definition) is 1. The fourth-order valence-corrected chi connectivity index (χ4v) is 2.81. The molecule has 0 aliphatic carbocycles. The highest BCUT2D eigenvalue weighted by atomic mass is 35.5. The van der Waals surface area contributed by atoms with Crippen LogP contribution in [-0.4, -0.2) is 15.0 Å². The largest absolute Gasteiger partial charge is 0.385 e. The minimum absolute atomic E-state index is 0.0209. The molecule has 18 heavy (non-hydrogen) atoms. The van der Waals surface area contributed by atoms with Crippen LogP contribution in [0.15, 0.2) is 24.3 Å². The Morgan fingerprint density at radius 3 is 2.44 bits per heavy atom. The third-order valence-electron chi connectivity index (χ3n) is 2.36. The maximum atomic E-state index is 11.9. The Bertz CT molecular complexity index is 436. The van der Waals surface area contributed by atoms with Crippen LogP contribution in [0.3, 0.4) is 0 Å². The van der Waals surface area contributed by atoms with Gasteiger partial charge in [-0.15, -0.1) is 0 Å². The predicted octanol–water partition coefficient (Wildman–Crippen LogP) is 4.00. The minimum Gasteiger partial charge on any atom is -0.385 e. The summed E-state index contributed by atoms with van der Waals surface area (Å²) < 4.78 is -0.137. The van der Waals surface area contributed by atoms with Gasteiger partial charge >= 0.3 is 0 Å². The molecule has 2 nitrogen and oxygen atoms in total. The molecular weight excluding hydrogens is 268 g/mol. The molecule has 1 rings (SSSR count). The zero-order valence-corrected chi connectivity index (χ0v) is 12.7. The molecular formula is C14H19ClO2S.